The zero-order valence-corrected chi connectivity index (χ0v) is 9.75. The Morgan fingerprint density at radius 2 is 2.29 bits per heavy atom. The summed E-state index contributed by atoms with van der Waals surface area (Å²) in [6.45, 7) is 5.33. The van der Waals surface area contributed by atoms with E-state index in [1.54, 1.807) is 7.11 Å². The van der Waals surface area contributed by atoms with Crippen LogP contribution in [-0.4, -0.2) is 50.8 Å². The van der Waals surface area contributed by atoms with Gasteiger partial charge in [-0.15, -0.1) is 0 Å². The Hall–Kier alpha value is -0.120. The monoisotopic (exact) mass is 200 g/mol. The van der Waals surface area contributed by atoms with Crippen LogP contribution in [-0.2, 0) is 4.74 Å². The van der Waals surface area contributed by atoms with E-state index in [9.17, 15) is 0 Å². The van der Waals surface area contributed by atoms with Gasteiger partial charge in [0.25, 0.3) is 0 Å². The highest BCUT2D eigenvalue weighted by molar-refractivity contribution is 4.77. The Morgan fingerprint density at radius 1 is 1.50 bits per heavy atom. The maximum absolute atomic E-state index is 5.09. The molecule has 0 aliphatic carbocycles. The first kappa shape index (κ1) is 12.0. The van der Waals surface area contributed by atoms with Gasteiger partial charge in [-0.05, 0) is 33.4 Å². The number of likely N-dealkylation sites (N-methyl/N-ethyl adjacent to an activating group) is 1. The van der Waals surface area contributed by atoms with Crippen LogP contribution in [0.1, 0.15) is 26.2 Å². The van der Waals surface area contributed by atoms with Gasteiger partial charge < -0.3 is 15.0 Å². The molecule has 0 radical (unpaired) electrons. The van der Waals surface area contributed by atoms with E-state index in [1.807, 2.05) is 0 Å². The summed E-state index contributed by atoms with van der Waals surface area (Å²) in [6.07, 6.45) is 4.08. The highest BCUT2D eigenvalue weighted by atomic mass is 16.5. The molecule has 14 heavy (non-hydrogen) atoms. The molecule has 0 bridgehead atoms. The molecule has 0 saturated carbocycles. The Kier molecular flexibility index (Phi) is 5.45. The minimum absolute atomic E-state index is 0.468. The van der Waals surface area contributed by atoms with E-state index in [2.05, 4.69) is 24.2 Å². The molecule has 1 aliphatic heterocycles. The van der Waals surface area contributed by atoms with Gasteiger partial charge in [0.15, 0.2) is 0 Å². The van der Waals surface area contributed by atoms with Gasteiger partial charge in [0.05, 0.1) is 6.61 Å². The molecule has 1 fully saturated rings. The second-order valence-electron chi connectivity index (χ2n) is 4.39. The lowest BCUT2D eigenvalue weighted by Crippen LogP contribution is -2.45. The van der Waals surface area contributed by atoms with Crippen molar-refractivity contribution in [3.05, 3.63) is 0 Å². The van der Waals surface area contributed by atoms with Crippen LogP contribution in [0.2, 0.25) is 0 Å². The van der Waals surface area contributed by atoms with Crippen LogP contribution < -0.4 is 5.32 Å². The maximum Gasteiger partial charge on any atom is 0.0613 e. The molecule has 2 unspecified atom stereocenters. The number of hydrogen-bond acceptors (Lipinski definition) is 3. The molecular weight excluding hydrogens is 176 g/mol. The molecule has 1 aliphatic rings. The van der Waals surface area contributed by atoms with Crippen LogP contribution >= 0.6 is 0 Å². The van der Waals surface area contributed by atoms with E-state index in [0.29, 0.717) is 6.04 Å². The number of hydrogen-bond donors (Lipinski definition) is 1. The van der Waals surface area contributed by atoms with E-state index in [-0.39, 0.29) is 0 Å². The molecule has 1 heterocycles. The topological polar surface area (TPSA) is 24.5 Å². The van der Waals surface area contributed by atoms with Crippen LogP contribution in [0.4, 0.5) is 0 Å². The normalized spacial score (nSPS) is 26.4. The van der Waals surface area contributed by atoms with Gasteiger partial charge in [-0.3, -0.25) is 0 Å². The summed E-state index contributed by atoms with van der Waals surface area (Å²) in [5, 5.41) is 3.52. The van der Waals surface area contributed by atoms with E-state index >= 15 is 0 Å². The fraction of sp³-hybridized carbons (Fsp3) is 1.00. The summed E-state index contributed by atoms with van der Waals surface area (Å²) in [5.41, 5.74) is 0. The number of nitrogens with zero attached hydrogens (tertiary/aromatic N) is 1. The Morgan fingerprint density at radius 3 is 2.93 bits per heavy atom. The number of likely N-dealkylation sites (tertiary alicyclic amines) is 1. The molecular formula is C11H24N2O. The van der Waals surface area contributed by atoms with Crippen molar-refractivity contribution in [1.82, 2.24) is 10.2 Å². The van der Waals surface area contributed by atoms with Gasteiger partial charge >= 0.3 is 0 Å². The van der Waals surface area contributed by atoms with E-state index in [1.165, 1.54) is 25.8 Å². The van der Waals surface area contributed by atoms with Gasteiger partial charge in [0, 0.05) is 25.7 Å². The van der Waals surface area contributed by atoms with Crippen LogP contribution in [0.15, 0.2) is 0 Å². The molecule has 3 heteroatoms. The van der Waals surface area contributed by atoms with Gasteiger partial charge in [-0.2, -0.15) is 0 Å². The molecule has 0 aromatic heterocycles. The first-order chi connectivity index (χ1) is 6.74. The predicted molar refractivity (Wildman–Crippen MR) is 59.6 cm³/mol. The summed E-state index contributed by atoms with van der Waals surface area (Å²) in [4.78, 5) is 2.47. The van der Waals surface area contributed by atoms with Crippen LogP contribution in [0.25, 0.3) is 0 Å². The smallest absolute Gasteiger partial charge is 0.0613 e. The summed E-state index contributed by atoms with van der Waals surface area (Å²) in [5.74, 6) is 0. The minimum Gasteiger partial charge on any atom is -0.383 e. The summed E-state index contributed by atoms with van der Waals surface area (Å²) < 4.78 is 5.09. The first-order valence-electron chi connectivity index (χ1n) is 5.66. The van der Waals surface area contributed by atoms with Crippen molar-refractivity contribution in [2.45, 2.75) is 38.3 Å². The Balaban J connectivity index is 2.15. The quantitative estimate of drug-likeness (QED) is 0.719. The lowest BCUT2D eigenvalue weighted by Gasteiger charge is -2.33. The Labute approximate surface area is 87.8 Å². The molecule has 0 spiro atoms. The standard InChI is InChI=1S/C11H24N2O/c1-10(9-14-3)12-8-11-6-4-5-7-13(11)2/h10-12H,4-9H2,1-3H3. The number of piperidine rings is 1. The van der Waals surface area contributed by atoms with Crippen molar-refractivity contribution >= 4 is 0 Å². The lowest BCUT2D eigenvalue weighted by atomic mass is 10.0. The van der Waals surface area contributed by atoms with Crippen LogP contribution in [0.3, 0.4) is 0 Å². The van der Waals surface area contributed by atoms with E-state index in [4.69, 9.17) is 4.74 Å². The third kappa shape index (κ3) is 3.95. The number of ether oxygens (including phenoxy) is 1. The van der Waals surface area contributed by atoms with Gasteiger partial charge in [-0.1, -0.05) is 6.42 Å². The predicted octanol–water partition coefficient (Wildman–Crippen LogP) is 1.10. The van der Waals surface area contributed by atoms with Crippen molar-refractivity contribution in [1.29, 1.82) is 0 Å². The molecule has 1 N–H and O–H groups in total. The summed E-state index contributed by atoms with van der Waals surface area (Å²) >= 11 is 0. The van der Waals surface area contributed by atoms with Crippen LogP contribution in [0.5, 0.6) is 0 Å². The average Bonchev–Trinajstić information content (AvgIpc) is 2.17. The molecule has 3 nitrogen and oxygen atoms in total. The zero-order chi connectivity index (χ0) is 10.4. The van der Waals surface area contributed by atoms with E-state index in [0.717, 1.165) is 19.2 Å². The van der Waals surface area contributed by atoms with Crippen molar-refractivity contribution in [2.24, 2.45) is 0 Å². The number of nitrogens with one attached hydrogen (secondary N) is 1. The highest BCUT2D eigenvalue weighted by Crippen LogP contribution is 2.13. The third-order valence-corrected chi connectivity index (χ3v) is 3.04. The fourth-order valence-corrected chi connectivity index (χ4v) is 2.05. The van der Waals surface area contributed by atoms with Crippen molar-refractivity contribution in [2.75, 3.05) is 33.9 Å². The fourth-order valence-electron chi connectivity index (χ4n) is 2.05. The summed E-state index contributed by atoms with van der Waals surface area (Å²) in [6, 6.07) is 1.19. The van der Waals surface area contributed by atoms with Crippen molar-refractivity contribution in [3.8, 4) is 0 Å². The molecule has 2 atom stereocenters. The highest BCUT2D eigenvalue weighted by Gasteiger charge is 2.18. The van der Waals surface area contributed by atoms with E-state index < -0.39 is 0 Å². The molecule has 0 amide bonds. The zero-order valence-electron chi connectivity index (χ0n) is 9.75. The van der Waals surface area contributed by atoms with Crippen molar-refractivity contribution in [3.63, 3.8) is 0 Å². The Bertz CT molecular complexity index is 152. The summed E-state index contributed by atoms with van der Waals surface area (Å²) in [7, 11) is 3.98. The van der Waals surface area contributed by atoms with Gasteiger partial charge in [0.1, 0.15) is 0 Å². The third-order valence-electron chi connectivity index (χ3n) is 3.04. The number of methoxy groups -OCH3 is 1. The largest absolute Gasteiger partial charge is 0.383 e. The minimum atomic E-state index is 0.468. The average molecular weight is 200 g/mol. The number of rotatable bonds is 5. The first-order valence-corrected chi connectivity index (χ1v) is 5.66. The molecule has 84 valence electrons. The lowest BCUT2D eigenvalue weighted by molar-refractivity contribution is 0.150. The molecule has 0 aromatic carbocycles. The molecule has 1 rings (SSSR count). The molecule has 0 aromatic rings. The van der Waals surface area contributed by atoms with Crippen LogP contribution in [0, 0.1) is 0 Å². The molecule has 1 saturated heterocycles. The SMILES string of the molecule is COCC(C)NCC1CCCCN1C. The van der Waals surface area contributed by atoms with Gasteiger partial charge in [0.2, 0.25) is 0 Å². The second-order valence-corrected chi connectivity index (χ2v) is 4.39. The second kappa shape index (κ2) is 6.38. The van der Waals surface area contributed by atoms with Crippen molar-refractivity contribution < 1.29 is 4.74 Å². The van der Waals surface area contributed by atoms with Gasteiger partial charge in [-0.25, -0.2) is 0 Å². The maximum atomic E-state index is 5.09.